The third kappa shape index (κ3) is 8.13. The van der Waals surface area contributed by atoms with Crippen LogP contribution < -0.4 is 10.5 Å². The van der Waals surface area contributed by atoms with E-state index in [1.165, 1.54) is 6.08 Å². The first-order chi connectivity index (χ1) is 14.3. The number of hydroxylamine groups is 2. The maximum absolute atomic E-state index is 10.9. The third-order valence-corrected chi connectivity index (χ3v) is 4.61. The summed E-state index contributed by atoms with van der Waals surface area (Å²) in [5, 5.41) is 18.6. The van der Waals surface area contributed by atoms with Crippen molar-refractivity contribution in [1.82, 2.24) is 14.9 Å². The Hall–Kier alpha value is -3.06. The molecule has 1 saturated heterocycles. The van der Waals surface area contributed by atoms with Gasteiger partial charge in [0.1, 0.15) is 12.4 Å². The number of carbonyl (C=O) groups excluding carboxylic acids is 1. The molecule has 0 bridgehead atoms. The van der Waals surface area contributed by atoms with Gasteiger partial charge in [-0.25, -0.2) is 14.7 Å². The molecule has 1 heterocycles. The van der Waals surface area contributed by atoms with Gasteiger partial charge < -0.3 is 20.5 Å². The van der Waals surface area contributed by atoms with Crippen LogP contribution >= 0.6 is 0 Å². The van der Waals surface area contributed by atoms with Crippen molar-refractivity contribution in [3.05, 3.63) is 35.4 Å². The van der Waals surface area contributed by atoms with Gasteiger partial charge in [0, 0.05) is 56.3 Å². The molecule has 0 radical (unpaired) electrons. The Kier molecular flexibility index (Phi) is 9.15. The number of benzene rings is 1. The molecule has 1 aliphatic rings. The topological polar surface area (TPSA) is 120 Å². The van der Waals surface area contributed by atoms with Crippen molar-refractivity contribution >= 4 is 18.1 Å². The van der Waals surface area contributed by atoms with E-state index in [2.05, 4.69) is 28.7 Å². The minimum Gasteiger partial charge on any atom is -0.492 e. The number of primary amides is 1. The van der Waals surface area contributed by atoms with Gasteiger partial charge in [-0.1, -0.05) is 11.8 Å². The Labute approximate surface area is 176 Å². The van der Waals surface area contributed by atoms with Crippen LogP contribution in [-0.2, 0) is 4.79 Å². The molecule has 4 N–H and O–H groups in total. The second kappa shape index (κ2) is 11.8. The molecule has 0 saturated carbocycles. The highest BCUT2D eigenvalue weighted by molar-refractivity contribution is 5.86. The number of aliphatic carboxylic acids is 1. The number of amides is 2. The minimum absolute atomic E-state index is 0.00158. The first-order valence-corrected chi connectivity index (χ1v) is 9.68. The summed E-state index contributed by atoms with van der Waals surface area (Å²) in [6.07, 6.45) is 2.76. The highest BCUT2D eigenvalue weighted by atomic mass is 16.5. The number of carboxylic acids is 1. The fourth-order valence-corrected chi connectivity index (χ4v) is 2.84. The summed E-state index contributed by atoms with van der Waals surface area (Å²) >= 11 is 0. The Morgan fingerprint density at radius 2 is 2.03 bits per heavy atom. The average molecular weight is 416 g/mol. The summed E-state index contributed by atoms with van der Waals surface area (Å²) in [6, 6.07) is 4.34. The van der Waals surface area contributed by atoms with Gasteiger partial charge in [0.15, 0.2) is 0 Å². The molecule has 162 valence electrons. The van der Waals surface area contributed by atoms with E-state index in [1.807, 2.05) is 0 Å². The highest BCUT2D eigenvalue weighted by Gasteiger charge is 2.13. The molecule has 2 amide bonds. The number of piperazine rings is 1. The summed E-state index contributed by atoms with van der Waals surface area (Å²) in [5.74, 6) is 5.29. The van der Waals surface area contributed by atoms with E-state index in [0.717, 1.165) is 38.8 Å². The monoisotopic (exact) mass is 416 g/mol. The van der Waals surface area contributed by atoms with E-state index in [1.54, 1.807) is 18.2 Å². The Morgan fingerprint density at radius 1 is 1.30 bits per heavy atom. The molecule has 9 heteroatoms. The van der Waals surface area contributed by atoms with E-state index in [4.69, 9.17) is 15.6 Å². The molecule has 1 aliphatic heterocycles. The van der Waals surface area contributed by atoms with Crippen molar-refractivity contribution in [3.8, 4) is 17.6 Å². The zero-order valence-electron chi connectivity index (χ0n) is 17.1. The van der Waals surface area contributed by atoms with Crippen molar-refractivity contribution in [2.75, 3.05) is 52.9 Å². The quantitative estimate of drug-likeness (QED) is 0.249. The molecule has 30 heavy (non-hydrogen) atoms. The SMILES string of the molecule is CN1CCN(CCOc2ccc(C#CCCN(O)C(N)=O)cc2/C=C/C(=O)O)CC1. The van der Waals surface area contributed by atoms with Gasteiger partial charge in [0.2, 0.25) is 0 Å². The summed E-state index contributed by atoms with van der Waals surface area (Å²) in [4.78, 5) is 26.3. The smallest absolute Gasteiger partial charge is 0.338 e. The van der Waals surface area contributed by atoms with Crippen molar-refractivity contribution in [2.24, 2.45) is 5.73 Å². The molecule has 0 aliphatic carbocycles. The fraction of sp³-hybridized carbons (Fsp3) is 0.429. The number of urea groups is 1. The number of likely N-dealkylation sites (N-methyl/N-ethyl adjacent to an activating group) is 1. The van der Waals surface area contributed by atoms with E-state index in [9.17, 15) is 14.8 Å². The molecule has 2 rings (SSSR count). The number of nitrogens with two attached hydrogens (primary N) is 1. The summed E-state index contributed by atoms with van der Waals surface area (Å²) in [5.41, 5.74) is 6.21. The van der Waals surface area contributed by atoms with E-state index in [0.29, 0.717) is 28.5 Å². The van der Waals surface area contributed by atoms with Gasteiger partial charge in [0.05, 0.1) is 6.54 Å². The molecular weight excluding hydrogens is 388 g/mol. The Morgan fingerprint density at radius 3 is 2.70 bits per heavy atom. The number of carbonyl (C=O) groups is 2. The van der Waals surface area contributed by atoms with Gasteiger partial charge >= 0.3 is 12.0 Å². The number of nitrogens with zero attached hydrogens (tertiary/aromatic N) is 3. The number of rotatable bonds is 8. The van der Waals surface area contributed by atoms with Gasteiger partial charge in [-0.3, -0.25) is 10.1 Å². The lowest BCUT2D eigenvalue weighted by molar-refractivity contribution is -0.131. The van der Waals surface area contributed by atoms with Crippen molar-refractivity contribution < 1.29 is 24.6 Å². The third-order valence-electron chi connectivity index (χ3n) is 4.61. The predicted molar refractivity (Wildman–Crippen MR) is 112 cm³/mol. The van der Waals surface area contributed by atoms with Gasteiger partial charge in [-0.05, 0) is 31.3 Å². The first-order valence-electron chi connectivity index (χ1n) is 9.68. The molecule has 0 unspecified atom stereocenters. The number of hydrogen-bond acceptors (Lipinski definition) is 6. The Bertz CT molecular complexity index is 822. The van der Waals surface area contributed by atoms with E-state index >= 15 is 0 Å². The highest BCUT2D eigenvalue weighted by Crippen LogP contribution is 2.22. The summed E-state index contributed by atoms with van der Waals surface area (Å²) in [7, 11) is 2.11. The number of carboxylic acid groups (broad SMARTS) is 1. The molecular formula is C21H28N4O5. The normalized spacial score (nSPS) is 14.9. The van der Waals surface area contributed by atoms with E-state index in [-0.39, 0.29) is 13.0 Å². The lowest BCUT2D eigenvalue weighted by Gasteiger charge is -2.32. The zero-order chi connectivity index (χ0) is 21.9. The first kappa shape index (κ1) is 23.2. The predicted octanol–water partition coefficient (Wildman–Crippen LogP) is 0.922. The maximum Gasteiger partial charge on any atom is 0.338 e. The lowest BCUT2D eigenvalue weighted by Crippen LogP contribution is -2.45. The Balaban J connectivity index is 1.99. The standard InChI is InChI=1S/C21H28N4O5/c1-23-10-12-24(13-11-23)14-15-30-19-7-5-17(16-18(19)6-8-20(26)27)4-2-3-9-25(29)21(22)28/h5-8,16,29H,3,9-15H2,1H3,(H2,22,28)(H,26,27)/b8-6+. The van der Waals surface area contributed by atoms with Crippen LogP contribution in [0.1, 0.15) is 17.5 Å². The van der Waals surface area contributed by atoms with Crippen LogP contribution in [0.25, 0.3) is 6.08 Å². The van der Waals surface area contributed by atoms with Crippen LogP contribution in [0.3, 0.4) is 0 Å². The molecule has 1 fully saturated rings. The molecule has 0 atom stereocenters. The average Bonchev–Trinajstić information content (AvgIpc) is 2.71. The van der Waals surface area contributed by atoms with E-state index < -0.39 is 12.0 Å². The minimum atomic E-state index is -1.05. The second-order valence-electron chi connectivity index (χ2n) is 6.93. The van der Waals surface area contributed by atoms with Crippen molar-refractivity contribution in [3.63, 3.8) is 0 Å². The van der Waals surface area contributed by atoms with Crippen molar-refractivity contribution in [1.29, 1.82) is 0 Å². The number of ether oxygens (including phenoxy) is 1. The summed E-state index contributed by atoms with van der Waals surface area (Å²) < 4.78 is 5.90. The zero-order valence-corrected chi connectivity index (χ0v) is 17.1. The second-order valence-corrected chi connectivity index (χ2v) is 6.93. The number of hydrogen-bond donors (Lipinski definition) is 3. The lowest BCUT2D eigenvalue weighted by atomic mass is 10.1. The van der Waals surface area contributed by atoms with Crippen molar-refractivity contribution in [2.45, 2.75) is 6.42 Å². The molecule has 0 aromatic heterocycles. The molecule has 0 spiro atoms. The van der Waals surface area contributed by atoms with Crippen LogP contribution in [0.5, 0.6) is 5.75 Å². The van der Waals surface area contributed by atoms with Crippen LogP contribution in [0, 0.1) is 11.8 Å². The molecule has 1 aromatic carbocycles. The summed E-state index contributed by atoms with van der Waals surface area (Å²) in [6.45, 7) is 5.38. The van der Waals surface area contributed by atoms with Crippen LogP contribution in [0.4, 0.5) is 4.79 Å². The fourth-order valence-electron chi connectivity index (χ4n) is 2.84. The molecule has 1 aromatic rings. The largest absolute Gasteiger partial charge is 0.492 e. The van der Waals surface area contributed by atoms with Crippen LogP contribution in [0.2, 0.25) is 0 Å². The molecule has 9 nitrogen and oxygen atoms in total. The van der Waals surface area contributed by atoms with Crippen LogP contribution in [0.15, 0.2) is 24.3 Å². The van der Waals surface area contributed by atoms with Gasteiger partial charge in [-0.15, -0.1) is 0 Å². The van der Waals surface area contributed by atoms with Gasteiger partial charge in [0.25, 0.3) is 0 Å². The van der Waals surface area contributed by atoms with Crippen LogP contribution in [-0.4, -0.2) is 90.1 Å². The van der Waals surface area contributed by atoms with Gasteiger partial charge in [-0.2, -0.15) is 0 Å². The maximum atomic E-state index is 10.9.